The van der Waals surface area contributed by atoms with Crippen LogP contribution in [-0.2, 0) is 10.2 Å². The van der Waals surface area contributed by atoms with Gasteiger partial charge in [0.15, 0.2) is 0 Å². The van der Waals surface area contributed by atoms with E-state index in [9.17, 15) is 9.59 Å². The van der Waals surface area contributed by atoms with E-state index in [1.54, 1.807) is 6.20 Å². The van der Waals surface area contributed by atoms with Gasteiger partial charge in [0.1, 0.15) is 0 Å². The van der Waals surface area contributed by atoms with Crippen LogP contribution >= 0.6 is 0 Å². The number of nitrogens with zero attached hydrogens (tertiary/aromatic N) is 3. The number of anilines is 3. The second-order valence-electron chi connectivity index (χ2n) is 11.5. The van der Waals surface area contributed by atoms with Crippen molar-refractivity contribution < 1.29 is 9.59 Å². The average molecular weight is 537 g/mol. The number of likely N-dealkylation sites (tertiary alicyclic amines) is 1. The van der Waals surface area contributed by atoms with Gasteiger partial charge in [0.2, 0.25) is 11.9 Å². The van der Waals surface area contributed by atoms with Crippen molar-refractivity contribution in [1.82, 2.24) is 14.9 Å². The van der Waals surface area contributed by atoms with Gasteiger partial charge in [-0.3, -0.25) is 14.5 Å². The summed E-state index contributed by atoms with van der Waals surface area (Å²) in [7, 11) is 0. The van der Waals surface area contributed by atoms with Crippen LogP contribution in [0.15, 0.2) is 60.8 Å². The summed E-state index contributed by atoms with van der Waals surface area (Å²) in [6.45, 7) is 10.6. The van der Waals surface area contributed by atoms with Gasteiger partial charge in [0.05, 0.1) is 23.4 Å². The van der Waals surface area contributed by atoms with Crippen LogP contribution in [-0.4, -0.2) is 46.3 Å². The third kappa shape index (κ3) is 6.13. The number of nitrogen functional groups attached to an aromatic ring is 1. The summed E-state index contributed by atoms with van der Waals surface area (Å²) < 4.78 is 0. The minimum atomic E-state index is -0.251. The number of benzene rings is 3. The molecule has 1 aromatic heterocycles. The van der Waals surface area contributed by atoms with Crippen LogP contribution < -0.4 is 16.4 Å². The lowest BCUT2D eigenvalue weighted by Gasteiger charge is -2.22. The summed E-state index contributed by atoms with van der Waals surface area (Å²) in [6, 6.07) is 17.4. The van der Waals surface area contributed by atoms with Gasteiger partial charge in [-0.15, -0.1) is 0 Å². The molecule has 0 bridgehead atoms. The summed E-state index contributed by atoms with van der Waals surface area (Å²) in [6.07, 6.45) is 3.94. The molecule has 1 aliphatic rings. The zero-order chi connectivity index (χ0) is 28.4. The zero-order valence-electron chi connectivity index (χ0n) is 23.5. The molecule has 2 amide bonds. The van der Waals surface area contributed by atoms with Gasteiger partial charge in [0, 0.05) is 17.1 Å². The second-order valence-corrected chi connectivity index (χ2v) is 11.5. The van der Waals surface area contributed by atoms with Gasteiger partial charge in [-0.05, 0) is 96.9 Å². The van der Waals surface area contributed by atoms with Crippen LogP contribution in [0.4, 0.5) is 17.3 Å². The smallest absolute Gasteiger partial charge is 0.255 e. The third-order valence-electron chi connectivity index (χ3n) is 7.38. The maximum atomic E-state index is 13.6. The summed E-state index contributed by atoms with van der Waals surface area (Å²) in [5.41, 5.74) is 12.0. The lowest BCUT2D eigenvalue weighted by Crippen LogP contribution is -2.31. The highest BCUT2D eigenvalue weighted by molar-refractivity contribution is 6.08. The molecular formula is C32H36N6O2. The molecule has 0 aliphatic carbocycles. The fraction of sp³-hybridized carbons (Fsp3) is 0.312. The van der Waals surface area contributed by atoms with Crippen molar-refractivity contribution in [3.8, 4) is 11.1 Å². The number of aryl methyl sites for hydroxylation is 1. The van der Waals surface area contributed by atoms with E-state index >= 15 is 0 Å². The maximum Gasteiger partial charge on any atom is 0.255 e. The van der Waals surface area contributed by atoms with E-state index in [0.29, 0.717) is 23.5 Å². The van der Waals surface area contributed by atoms with Crippen molar-refractivity contribution in [1.29, 1.82) is 0 Å². The number of rotatable bonds is 6. The monoisotopic (exact) mass is 536 g/mol. The molecule has 1 saturated heterocycles. The van der Waals surface area contributed by atoms with Crippen LogP contribution in [0.3, 0.4) is 0 Å². The number of carbonyl (C=O) groups is 2. The zero-order valence-corrected chi connectivity index (χ0v) is 23.5. The molecule has 0 unspecified atom stereocenters. The first-order chi connectivity index (χ1) is 19.1. The molecule has 5 rings (SSSR count). The Labute approximate surface area is 235 Å². The van der Waals surface area contributed by atoms with Gasteiger partial charge in [-0.2, -0.15) is 0 Å². The SMILES string of the molecule is Cc1ccc(C(=O)Nc2cc(C(C)(C)C)ccc2NC(=O)CN2CCCC2)cc1-c1ccc2nc(N)ncc2c1. The van der Waals surface area contributed by atoms with Gasteiger partial charge in [-0.25, -0.2) is 9.97 Å². The Morgan fingerprint density at radius 1 is 0.950 bits per heavy atom. The van der Waals surface area contributed by atoms with Gasteiger partial charge in [-0.1, -0.05) is 39.0 Å². The van der Waals surface area contributed by atoms with Crippen molar-refractivity contribution in [2.75, 3.05) is 36.0 Å². The fourth-order valence-electron chi connectivity index (χ4n) is 5.04. The van der Waals surface area contributed by atoms with Crippen LogP contribution in [0, 0.1) is 6.92 Å². The number of carbonyl (C=O) groups excluding carboxylic acids is 2. The molecular weight excluding hydrogens is 500 g/mol. The molecule has 0 spiro atoms. The molecule has 1 aliphatic heterocycles. The van der Waals surface area contributed by atoms with Crippen LogP contribution in [0.5, 0.6) is 0 Å². The van der Waals surface area contributed by atoms with E-state index in [0.717, 1.165) is 59.1 Å². The number of nitrogens with one attached hydrogen (secondary N) is 2. The third-order valence-corrected chi connectivity index (χ3v) is 7.38. The highest BCUT2D eigenvalue weighted by Crippen LogP contribution is 2.32. The molecule has 4 aromatic rings. The lowest BCUT2D eigenvalue weighted by molar-refractivity contribution is -0.117. The van der Waals surface area contributed by atoms with Gasteiger partial charge in [0.25, 0.3) is 5.91 Å². The first kappa shape index (κ1) is 27.3. The minimum absolute atomic E-state index is 0.0828. The van der Waals surface area contributed by atoms with Crippen LogP contribution in [0.25, 0.3) is 22.0 Å². The molecule has 206 valence electrons. The Kier molecular flexibility index (Phi) is 7.54. The van der Waals surface area contributed by atoms with E-state index in [2.05, 4.69) is 46.3 Å². The van der Waals surface area contributed by atoms with Crippen LogP contribution in [0.2, 0.25) is 0 Å². The standard InChI is InChI=1S/C32H36N6O2/c1-20-7-8-22(16-25(20)21-9-11-26-23(15-21)18-34-31(33)37-26)30(40)36-28-17-24(32(2,3)4)10-12-27(28)35-29(39)19-38-13-5-6-14-38/h7-12,15-18H,5-6,13-14,19H2,1-4H3,(H,35,39)(H,36,40)(H2,33,34,37). The van der Waals surface area contributed by atoms with Crippen molar-refractivity contribution in [3.63, 3.8) is 0 Å². The van der Waals surface area contributed by atoms with E-state index in [4.69, 9.17) is 5.73 Å². The first-order valence-electron chi connectivity index (χ1n) is 13.7. The van der Waals surface area contributed by atoms with E-state index in [-0.39, 0.29) is 23.2 Å². The number of amides is 2. The molecule has 8 heteroatoms. The highest BCUT2D eigenvalue weighted by Gasteiger charge is 2.20. The van der Waals surface area contributed by atoms with Crippen molar-refractivity contribution >= 4 is 40.0 Å². The molecule has 1 fully saturated rings. The number of fused-ring (bicyclic) bond motifs is 1. The number of hydrogen-bond donors (Lipinski definition) is 3. The van der Waals surface area contributed by atoms with Crippen LogP contribution in [0.1, 0.15) is 55.1 Å². The average Bonchev–Trinajstić information content (AvgIpc) is 3.42. The topological polar surface area (TPSA) is 113 Å². The molecule has 2 heterocycles. The Balaban J connectivity index is 1.42. The lowest BCUT2D eigenvalue weighted by atomic mass is 9.86. The van der Waals surface area contributed by atoms with Crippen molar-refractivity contribution in [3.05, 3.63) is 77.5 Å². The van der Waals surface area contributed by atoms with E-state index in [1.165, 1.54) is 0 Å². The summed E-state index contributed by atoms with van der Waals surface area (Å²) >= 11 is 0. The Morgan fingerprint density at radius 3 is 2.48 bits per heavy atom. The van der Waals surface area contributed by atoms with Gasteiger partial charge >= 0.3 is 0 Å². The predicted molar refractivity (Wildman–Crippen MR) is 162 cm³/mol. The predicted octanol–water partition coefficient (Wildman–Crippen LogP) is 5.77. The summed E-state index contributed by atoms with van der Waals surface area (Å²) in [5, 5.41) is 6.97. The van der Waals surface area contributed by atoms with Gasteiger partial charge < -0.3 is 16.4 Å². The Morgan fingerprint density at radius 2 is 1.73 bits per heavy atom. The molecule has 3 aromatic carbocycles. The first-order valence-corrected chi connectivity index (χ1v) is 13.7. The van der Waals surface area contributed by atoms with E-state index < -0.39 is 0 Å². The molecule has 40 heavy (non-hydrogen) atoms. The Bertz CT molecular complexity index is 1580. The molecule has 0 radical (unpaired) electrons. The maximum absolute atomic E-state index is 13.6. The summed E-state index contributed by atoms with van der Waals surface area (Å²) in [5.74, 6) is -0.1000. The highest BCUT2D eigenvalue weighted by atomic mass is 16.2. The quantitative estimate of drug-likeness (QED) is 0.288. The normalized spacial score (nSPS) is 13.9. The minimum Gasteiger partial charge on any atom is -0.368 e. The Hall–Kier alpha value is -4.30. The molecule has 0 atom stereocenters. The molecule has 4 N–H and O–H groups in total. The number of nitrogens with two attached hydrogens (primary N) is 1. The van der Waals surface area contributed by atoms with Crippen molar-refractivity contribution in [2.45, 2.75) is 46.0 Å². The van der Waals surface area contributed by atoms with E-state index in [1.807, 2.05) is 61.5 Å². The molecule has 0 saturated carbocycles. The number of hydrogen-bond acceptors (Lipinski definition) is 6. The molecule has 8 nitrogen and oxygen atoms in total. The largest absolute Gasteiger partial charge is 0.368 e. The number of aromatic nitrogens is 2. The fourth-order valence-corrected chi connectivity index (χ4v) is 5.04. The second kappa shape index (κ2) is 11.1. The van der Waals surface area contributed by atoms with Crippen molar-refractivity contribution in [2.24, 2.45) is 0 Å². The summed E-state index contributed by atoms with van der Waals surface area (Å²) in [4.78, 5) is 36.9.